The van der Waals surface area contributed by atoms with Crippen LogP contribution < -0.4 is 0 Å². The van der Waals surface area contributed by atoms with Crippen molar-refractivity contribution in [1.82, 2.24) is 0 Å². The average Bonchev–Trinajstić information content (AvgIpc) is 2.50. The molecule has 0 aliphatic carbocycles. The van der Waals surface area contributed by atoms with Crippen LogP contribution in [0.25, 0.3) is 0 Å². The van der Waals surface area contributed by atoms with Gasteiger partial charge in [0.2, 0.25) is 0 Å². The molecule has 0 bridgehead atoms. The maximum atomic E-state index is 10.2. The fourth-order valence-corrected chi connectivity index (χ4v) is 1.55. The van der Waals surface area contributed by atoms with Gasteiger partial charge in [-0.1, -0.05) is 0 Å². The van der Waals surface area contributed by atoms with Crippen LogP contribution in [-0.2, 0) is 14.3 Å². The van der Waals surface area contributed by atoms with Crippen molar-refractivity contribution in [3.63, 3.8) is 0 Å². The Balaban J connectivity index is 0.000000406. The smallest absolute Gasteiger partial charge is 0.183 e. The molecular weight excluding hydrogens is 304 g/mol. The highest BCUT2D eigenvalue weighted by atomic mass is 16.6. The third-order valence-corrected chi connectivity index (χ3v) is 3.06. The molecular formula is C12H24O10. The highest BCUT2D eigenvalue weighted by Gasteiger charge is 2.36. The minimum absolute atomic E-state index is 0.153. The highest BCUT2D eigenvalue weighted by molar-refractivity contribution is 5.57. The average molecular weight is 328 g/mol. The lowest BCUT2D eigenvalue weighted by Gasteiger charge is -2.31. The summed E-state index contributed by atoms with van der Waals surface area (Å²) in [6, 6.07) is 0. The van der Waals surface area contributed by atoms with E-state index in [1.54, 1.807) is 0 Å². The van der Waals surface area contributed by atoms with E-state index in [-0.39, 0.29) is 6.61 Å². The van der Waals surface area contributed by atoms with Gasteiger partial charge < -0.3 is 50.0 Å². The van der Waals surface area contributed by atoms with Gasteiger partial charge in [-0.2, -0.15) is 0 Å². The SMILES string of the molecule is CO[C@H](C=O)[C@H](O)[C@H](O)[C@H](C)O.O[C@@H]1[C@H](O)[C@H](O)CO[C@H]1O. The fourth-order valence-electron chi connectivity index (χ4n) is 1.55. The molecule has 7 N–H and O–H groups in total. The number of ether oxygens (including phenoxy) is 2. The van der Waals surface area contributed by atoms with Gasteiger partial charge in [-0.25, -0.2) is 0 Å². The van der Waals surface area contributed by atoms with Gasteiger partial charge >= 0.3 is 0 Å². The van der Waals surface area contributed by atoms with E-state index in [2.05, 4.69) is 9.47 Å². The second-order valence-corrected chi connectivity index (χ2v) is 4.83. The van der Waals surface area contributed by atoms with Gasteiger partial charge in [0.25, 0.3) is 0 Å². The fraction of sp³-hybridized carbons (Fsp3) is 0.917. The number of hydrogen-bond acceptors (Lipinski definition) is 10. The molecule has 0 radical (unpaired) electrons. The predicted molar refractivity (Wildman–Crippen MR) is 70.5 cm³/mol. The Kier molecular flexibility index (Phi) is 9.84. The van der Waals surface area contributed by atoms with Crippen molar-refractivity contribution in [2.24, 2.45) is 0 Å². The molecule has 132 valence electrons. The molecule has 10 heteroatoms. The molecule has 1 saturated heterocycles. The summed E-state index contributed by atoms with van der Waals surface area (Å²) in [5.74, 6) is 0. The van der Waals surface area contributed by atoms with E-state index in [4.69, 9.17) is 30.6 Å². The summed E-state index contributed by atoms with van der Waals surface area (Å²) in [5, 5.41) is 62.4. The molecule has 10 nitrogen and oxygen atoms in total. The van der Waals surface area contributed by atoms with E-state index < -0.39 is 49.0 Å². The first-order chi connectivity index (χ1) is 10.2. The zero-order valence-electron chi connectivity index (χ0n) is 12.3. The Morgan fingerprint density at radius 3 is 2.00 bits per heavy atom. The van der Waals surface area contributed by atoms with Crippen molar-refractivity contribution < 1.29 is 50.0 Å². The van der Waals surface area contributed by atoms with Crippen LogP contribution in [-0.4, -0.2) is 105 Å². The first-order valence-electron chi connectivity index (χ1n) is 6.53. The largest absolute Gasteiger partial charge is 0.391 e. The maximum absolute atomic E-state index is 10.2. The quantitative estimate of drug-likeness (QED) is 0.244. The van der Waals surface area contributed by atoms with Crippen molar-refractivity contribution in [2.45, 2.75) is 55.9 Å². The minimum Gasteiger partial charge on any atom is -0.391 e. The molecule has 1 aliphatic rings. The molecule has 1 fully saturated rings. The normalized spacial score (nSPS) is 33.9. The van der Waals surface area contributed by atoms with Crippen LogP contribution in [0.3, 0.4) is 0 Å². The lowest BCUT2D eigenvalue weighted by Crippen LogP contribution is -2.52. The Morgan fingerprint density at radius 1 is 1.09 bits per heavy atom. The van der Waals surface area contributed by atoms with Crippen molar-refractivity contribution in [3.8, 4) is 0 Å². The van der Waals surface area contributed by atoms with E-state index in [1.165, 1.54) is 14.0 Å². The third kappa shape index (κ3) is 6.20. The summed E-state index contributed by atoms with van der Waals surface area (Å²) in [6.07, 6.45) is -9.83. The number of hydrogen-bond donors (Lipinski definition) is 7. The van der Waals surface area contributed by atoms with E-state index in [1.807, 2.05) is 0 Å². The van der Waals surface area contributed by atoms with E-state index in [0.29, 0.717) is 6.29 Å². The van der Waals surface area contributed by atoms with Crippen molar-refractivity contribution in [3.05, 3.63) is 0 Å². The van der Waals surface area contributed by atoms with Gasteiger partial charge in [-0.05, 0) is 6.92 Å². The van der Waals surface area contributed by atoms with Crippen LogP contribution in [0.1, 0.15) is 6.92 Å². The zero-order chi connectivity index (χ0) is 17.4. The summed E-state index contributed by atoms with van der Waals surface area (Å²) in [6.45, 7) is 1.16. The number of carbonyl (C=O) groups excluding carboxylic acids is 1. The summed E-state index contributed by atoms with van der Waals surface area (Å²) in [7, 11) is 1.23. The van der Waals surface area contributed by atoms with Gasteiger partial charge in [0, 0.05) is 7.11 Å². The molecule has 0 aromatic heterocycles. The molecule has 22 heavy (non-hydrogen) atoms. The van der Waals surface area contributed by atoms with Gasteiger partial charge in [0.05, 0.1) is 12.7 Å². The Bertz CT molecular complexity index is 298. The minimum atomic E-state index is -1.41. The lowest BCUT2D eigenvalue weighted by atomic mass is 10.1. The van der Waals surface area contributed by atoms with Crippen LogP contribution in [0.15, 0.2) is 0 Å². The zero-order valence-corrected chi connectivity index (χ0v) is 12.3. The summed E-state index contributed by atoms with van der Waals surface area (Å²) in [5.41, 5.74) is 0. The summed E-state index contributed by atoms with van der Waals surface area (Å²) < 4.78 is 9.01. The maximum Gasteiger partial charge on any atom is 0.183 e. The second-order valence-electron chi connectivity index (χ2n) is 4.83. The van der Waals surface area contributed by atoms with Crippen LogP contribution in [0, 0.1) is 0 Å². The van der Waals surface area contributed by atoms with Gasteiger partial charge in [-0.3, -0.25) is 0 Å². The molecule has 0 saturated carbocycles. The van der Waals surface area contributed by atoms with Crippen LogP contribution in [0.2, 0.25) is 0 Å². The van der Waals surface area contributed by atoms with Crippen molar-refractivity contribution in [1.29, 1.82) is 0 Å². The molecule has 0 aromatic carbocycles. The summed E-state index contributed by atoms with van der Waals surface area (Å²) in [4.78, 5) is 10.2. The summed E-state index contributed by atoms with van der Waals surface area (Å²) >= 11 is 0. The number of aldehydes is 1. The lowest BCUT2D eigenvalue weighted by molar-refractivity contribution is -0.252. The highest BCUT2D eigenvalue weighted by Crippen LogP contribution is 2.12. The molecule has 0 unspecified atom stereocenters. The van der Waals surface area contributed by atoms with Crippen molar-refractivity contribution >= 4 is 6.29 Å². The third-order valence-electron chi connectivity index (χ3n) is 3.06. The van der Waals surface area contributed by atoms with E-state index >= 15 is 0 Å². The number of aliphatic hydroxyl groups is 7. The van der Waals surface area contributed by atoms with Gasteiger partial charge in [0.1, 0.15) is 36.6 Å². The van der Waals surface area contributed by atoms with Crippen molar-refractivity contribution in [2.75, 3.05) is 13.7 Å². The monoisotopic (exact) mass is 328 g/mol. The van der Waals surface area contributed by atoms with Gasteiger partial charge in [0.15, 0.2) is 12.6 Å². The van der Waals surface area contributed by atoms with E-state index in [9.17, 15) is 9.90 Å². The number of methoxy groups -OCH3 is 1. The number of carbonyl (C=O) groups is 1. The van der Waals surface area contributed by atoms with Crippen LogP contribution >= 0.6 is 0 Å². The molecule has 0 spiro atoms. The standard InChI is InChI=1S/C7H14O5.C5H10O5/c1-4(9)6(10)7(11)5(3-8)12-2;6-2-1-10-5(9)4(8)3(2)7/h3-7,9-11H,1-2H3;2-9H,1H2/t4-,5+,6+,7-;2-,3-,4-,5-/m01/s1. The first-order valence-corrected chi connectivity index (χ1v) is 6.53. The first kappa shape index (κ1) is 21.3. The van der Waals surface area contributed by atoms with Gasteiger partial charge in [-0.15, -0.1) is 0 Å². The van der Waals surface area contributed by atoms with Crippen LogP contribution in [0.5, 0.6) is 0 Å². The van der Waals surface area contributed by atoms with Crippen LogP contribution in [0.4, 0.5) is 0 Å². The molecule has 8 atom stereocenters. The second kappa shape index (κ2) is 10.2. The number of aliphatic hydroxyl groups excluding tert-OH is 7. The predicted octanol–water partition coefficient (Wildman–Crippen LogP) is -4.28. The Labute approximate surface area is 127 Å². The topological polar surface area (TPSA) is 177 Å². The molecule has 0 aromatic rings. The molecule has 1 heterocycles. The Morgan fingerprint density at radius 2 is 1.64 bits per heavy atom. The molecule has 0 amide bonds. The molecule has 1 rings (SSSR count). The molecule has 1 aliphatic heterocycles. The van der Waals surface area contributed by atoms with E-state index in [0.717, 1.165) is 0 Å². The number of rotatable bonds is 5. The Hall–Kier alpha value is -0.690.